The maximum atomic E-state index is 10.6. The molecule has 4 nitrogen and oxygen atoms in total. The average molecular weight is 159 g/mol. The van der Waals surface area contributed by atoms with Gasteiger partial charge < -0.3 is 14.8 Å². The van der Waals surface area contributed by atoms with Crippen molar-refractivity contribution in [1.29, 1.82) is 0 Å². The lowest BCUT2D eigenvalue weighted by atomic mass is 10.4. The van der Waals surface area contributed by atoms with Crippen LogP contribution in [0.1, 0.15) is 13.3 Å². The van der Waals surface area contributed by atoms with Gasteiger partial charge >= 0.3 is 0 Å². The molecule has 0 aromatic heterocycles. The van der Waals surface area contributed by atoms with Crippen LogP contribution in [0.5, 0.6) is 0 Å². The highest BCUT2D eigenvalue weighted by Gasteiger charge is 1.93. The van der Waals surface area contributed by atoms with E-state index in [9.17, 15) is 9.59 Å². The lowest BCUT2D eigenvalue weighted by Gasteiger charge is -2.01. The fourth-order valence-electron chi connectivity index (χ4n) is 0.519. The zero-order valence-corrected chi connectivity index (χ0v) is 6.63. The summed E-state index contributed by atoms with van der Waals surface area (Å²) in [6.45, 7) is 2.74. The van der Waals surface area contributed by atoms with Crippen molar-refractivity contribution in [2.45, 2.75) is 13.3 Å². The molecule has 0 unspecified atom stereocenters. The Morgan fingerprint density at radius 2 is 2.36 bits per heavy atom. The third kappa shape index (κ3) is 6.99. The maximum Gasteiger partial charge on any atom is 0.219 e. The number of rotatable bonds is 6. The highest BCUT2D eigenvalue weighted by molar-refractivity contribution is 5.75. The van der Waals surface area contributed by atoms with E-state index in [-0.39, 0.29) is 12.5 Å². The van der Waals surface area contributed by atoms with Gasteiger partial charge in [0.1, 0.15) is 12.9 Å². The van der Waals surface area contributed by atoms with Crippen LogP contribution in [0.25, 0.3) is 0 Å². The summed E-state index contributed by atoms with van der Waals surface area (Å²) < 4.78 is 4.79. The summed E-state index contributed by atoms with van der Waals surface area (Å²) in [6.07, 6.45) is 1.16. The Labute approximate surface area is 65.9 Å². The molecule has 0 bridgehead atoms. The van der Waals surface area contributed by atoms with E-state index in [0.717, 1.165) is 0 Å². The van der Waals surface area contributed by atoms with Crippen molar-refractivity contribution in [3.63, 3.8) is 0 Å². The Hall–Kier alpha value is -0.900. The molecule has 11 heavy (non-hydrogen) atoms. The van der Waals surface area contributed by atoms with Gasteiger partial charge in [0.05, 0.1) is 6.61 Å². The first kappa shape index (κ1) is 10.1. The molecule has 0 saturated carbocycles. The van der Waals surface area contributed by atoms with Gasteiger partial charge in [-0.3, -0.25) is 4.79 Å². The zero-order chi connectivity index (χ0) is 8.53. The summed E-state index contributed by atoms with van der Waals surface area (Å²) in [4.78, 5) is 20.4. The van der Waals surface area contributed by atoms with Crippen LogP contribution in [0.3, 0.4) is 0 Å². The first-order chi connectivity index (χ1) is 5.31. The van der Waals surface area contributed by atoms with Gasteiger partial charge in [0, 0.05) is 13.0 Å². The van der Waals surface area contributed by atoms with Gasteiger partial charge in [0.15, 0.2) is 0 Å². The molecule has 64 valence electrons. The Balaban J connectivity index is 3.01. The summed E-state index contributed by atoms with van der Waals surface area (Å²) in [6, 6.07) is 0. The number of amides is 1. The van der Waals surface area contributed by atoms with Gasteiger partial charge in [0.25, 0.3) is 0 Å². The van der Waals surface area contributed by atoms with Crippen molar-refractivity contribution < 1.29 is 14.3 Å². The molecule has 0 aromatic carbocycles. The van der Waals surface area contributed by atoms with E-state index < -0.39 is 0 Å². The van der Waals surface area contributed by atoms with Gasteiger partial charge in [0.2, 0.25) is 5.91 Å². The van der Waals surface area contributed by atoms with Crippen molar-refractivity contribution in [1.82, 2.24) is 5.32 Å². The predicted octanol–water partition coefficient (Wildman–Crippen LogP) is -0.272. The number of ether oxygens (including phenoxy) is 1. The minimum atomic E-state index is -0.000275. The second-order valence-electron chi connectivity index (χ2n) is 1.95. The molecular weight excluding hydrogens is 146 g/mol. The third-order valence-electron chi connectivity index (χ3n) is 1.08. The lowest BCUT2D eigenvalue weighted by Crippen LogP contribution is -2.26. The maximum absolute atomic E-state index is 10.6. The molecule has 0 aliphatic heterocycles. The van der Waals surface area contributed by atoms with E-state index in [4.69, 9.17) is 4.74 Å². The Morgan fingerprint density at radius 1 is 1.64 bits per heavy atom. The van der Waals surface area contributed by atoms with E-state index in [1.165, 1.54) is 0 Å². The highest BCUT2D eigenvalue weighted by Crippen LogP contribution is 1.74. The number of hydrogen-bond acceptors (Lipinski definition) is 3. The van der Waals surface area contributed by atoms with Gasteiger partial charge in [-0.05, 0) is 0 Å². The summed E-state index contributed by atoms with van der Waals surface area (Å²) in [5.41, 5.74) is 0. The average Bonchev–Trinajstić information content (AvgIpc) is 2.04. The van der Waals surface area contributed by atoms with Crippen molar-refractivity contribution in [2.75, 3.05) is 19.8 Å². The van der Waals surface area contributed by atoms with Crippen LogP contribution in [0, 0.1) is 0 Å². The summed E-state index contributed by atoms with van der Waals surface area (Å²) in [5, 5.41) is 2.61. The molecular formula is C7H13NO3. The van der Waals surface area contributed by atoms with Crippen LogP contribution in [-0.2, 0) is 14.3 Å². The van der Waals surface area contributed by atoms with Gasteiger partial charge in [-0.1, -0.05) is 6.92 Å². The summed E-state index contributed by atoms with van der Waals surface area (Å²) >= 11 is 0. The molecule has 0 spiro atoms. The van der Waals surface area contributed by atoms with Crippen molar-refractivity contribution >= 4 is 12.2 Å². The monoisotopic (exact) mass is 159 g/mol. The molecule has 0 saturated heterocycles. The van der Waals surface area contributed by atoms with Crippen molar-refractivity contribution in [3.8, 4) is 0 Å². The Kier molecular flexibility index (Phi) is 6.62. The molecule has 1 amide bonds. The molecule has 0 radical (unpaired) electrons. The van der Waals surface area contributed by atoms with E-state index in [1.807, 2.05) is 0 Å². The number of carbonyl (C=O) groups excluding carboxylic acids is 2. The largest absolute Gasteiger partial charge is 0.372 e. The standard InChI is InChI=1S/C7H13NO3/c1-2-7(10)8-3-5-11-6-4-9/h4H,2-3,5-6H2,1H3,(H,8,10). The molecule has 0 heterocycles. The zero-order valence-electron chi connectivity index (χ0n) is 6.63. The Morgan fingerprint density at radius 3 is 2.91 bits per heavy atom. The van der Waals surface area contributed by atoms with Gasteiger partial charge in [-0.15, -0.1) is 0 Å². The van der Waals surface area contributed by atoms with E-state index >= 15 is 0 Å². The molecule has 0 aromatic rings. The molecule has 0 aliphatic carbocycles. The van der Waals surface area contributed by atoms with Crippen LogP contribution < -0.4 is 5.32 Å². The molecule has 0 aliphatic rings. The quantitative estimate of drug-likeness (QED) is 0.428. The number of hydrogen-bond donors (Lipinski definition) is 1. The second-order valence-corrected chi connectivity index (χ2v) is 1.95. The summed E-state index contributed by atoms with van der Waals surface area (Å²) in [5.74, 6) is -0.000275. The molecule has 0 atom stereocenters. The normalized spacial score (nSPS) is 9.18. The fourth-order valence-corrected chi connectivity index (χ4v) is 0.519. The van der Waals surface area contributed by atoms with Crippen LogP contribution in [0.15, 0.2) is 0 Å². The fraction of sp³-hybridized carbons (Fsp3) is 0.714. The van der Waals surface area contributed by atoms with Gasteiger partial charge in [-0.2, -0.15) is 0 Å². The number of carbonyl (C=O) groups is 2. The van der Waals surface area contributed by atoms with E-state index in [2.05, 4.69) is 5.32 Å². The number of nitrogens with one attached hydrogen (secondary N) is 1. The minimum Gasteiger partial charge on any atom is -0.372 e. The minimum absolute atomic E-state index is 0.000275. The van der Waals surface area contributed by atoms with E-state index in [0.29, 0.717) is 25.9 Å². The molecule has 4 heteroatoms. The van der Waals surface area contributed by atoms with Gasteiger partial charge in [-0.25, -0.2) is 0 Å². The molecule has 0 rings (SSSR count). The smallest absolute Gasteiger partial charge is 0.219 e. The topological polar surface area (TPSA) is 55.4 Å². The Bertz CT molecular complexity index is 125. The predicted molar refractivity (Wildman–Crippen MR) is 40.2 cm³/mol. The molecule has 1 N–H and O–H groups in total. The second kappa shape index (κ2) is 7.21. The highest BCUT2D eigenvalue weighted by atomic mass is 16.5. The van der Waals surface area contributed by atoms with Crippen LogP contribution >= 0.6 is 0 Å². The molecule has 0 fully saturated rings. The number of aldehydes is 1. The summed E-state index contributed by atoms with van der Waals surface area (Å²) in [7, 11) is 0. The lowest BCUT2D eigenvalue weighted by molar-refractivity contribution is -0.121. The van der Waals surface area contributed by atoms with Crippen molar-refractivity contribution in [2.24, 2.45) is 0 Å². The van der Waals surface area contributed by atoms with Crippen LogP contribution in [-0.4, -0.2) is 32.0 Å². The first-order valence-electron chi connectivity index (χ1n) is 3.59. The SMILES string of the molecule is CCC(=O)NCCOCC=O. The third-order valence-corrected chi connectivity index (χ3v) is 1.08. The van der Waals surface area contributed by atoms with E-state index in [1.54, 1.807) is 6.92 Å². The van der Waals surface area contributed by atoms with Crippen LogP contribution in [0.4, 0.5) is 0 Å². The van der Waals surface area contributed by atoms with Crippen molar-refractivity contribution in [3.05, 3.63) is 0 Å². The first-order valence-corrected chi connectivity index (χ1v) is 3.59. The van der Waals surface area contributed by atoms with Crippen LogP contribution in [0.2, 0.25) is 0 Å².